The molecule has 0 saturated carbocycles. The lowest BCUT2D eigenvalue weighted by molar-refractivity contribution is 0.0656. The third-order valence-corrected chi connectivity index (χ3v) is 4.88. The van der Waals surface area contributed by atoms with Gasteiger partial charge in [0.2, 0.25) is 0 Å². The van der Waals surface area contributed by atoms with Gasteiger partial charge >= 0.3 is 0 Å². The second kappa shape index (κ2) is 8.06. The summed E-state index contributed by atoms with van der Waals surface area (Å²) in [5, 5.41) is 2.80. The maximum Gasteiger partial charge on any atom is 0.261 e. The lowest BCUT2D eigenvalue weighted by Crippen LogP contribution is -2.31. The van der Waals surface area contributed by atoms with Crippen molar-refractivity contribution in [3.8, 4) is 0 Å². The largest absolute Gasteiger partial charge is 0.348 e. The van der Waals surface area contributed by atoms with E-state index in [2.05, 4.69) is 10.3 Å². The maximum atomic E-state index is 12.7. The standard InChI is InChI=1S/C23H19N3O3/c27-21(25-15-17-7-4-11-24-14-17)18-8-9-19-20(13-18)23(29)26(22(19)28)12-10-16-5-2-1-3-6-16/h1-9,11,13-14H,10,12,15H2,(H,25,27). The normalized spacial score (nSPS) is 12.8. The van der Waals surface area contributed by atoms with E-state index in [1.54, 1.807) is 30.6 Å². The van der Waals surface area contributed by atoms with Crippen molar-refractivity contribution < 1.29 is 14.4 Å². The van der Waals surface area contributed by atoms with E-state index in [-0.39, 0.29) is 23.3 Å². The van der Waals surface area contributed by atoms with Crippen molar-refractivity contribution >= 4 is 17.7 Å². The SMILES string of the molecule is O=C(NCc1cccnc1)c1ccc2c(c1)C(=O)N(CCc1ccccc1)C2=O. The minimum atomic E-state index is -0.358. The Labute approximate surface area is 168 Å². The number of nitrogens with one attached hydrogen (secondary N) is 1. The van der Waals surface area contributed by atoms with E-state index >= 15 is 0 Å². The number of amides is 3. The fourth-order valence-corrected chi connectivity index (χ4v) is 3.31. The average Bonchev–Trinajstić information content (AvgIpc) is 3.01. The molecule has 0 fully saturated rings. The maximum absolute atomic E-state index is 12.7. The molecule has 2 aromatic carbocycles. The van der Waals surface area contributed by atoms with E-state index in [1.807, 2.05) is 36.4 Å². The van der Waals surface area contributed by atoms with Crippen LogP contribution in [0.5, 0.6) is 0 Å². The number of benzene rings is 2. The van der Waals surface area contributed by atoms with E-state index in [0.29, 0.717) is 30.6 Å². The van der Waals surface area contributed by atoms with Gasteiger partial charge in [0.15, 0.2) is 0 Å². The van der Waals surface area contributed by atoms with Crippen LogP contribution in [0, 0.1) is 0 Å². The van der Waals surface area contributed by atoms with Crippen LogP contribution in [0.4, 0.5) is 0 Å². The molecule has 29 heavy (non-hydrogen) atoms. The lowest BCUT2D eigenvalue weighted by atomic mass is 10.1. The Morgan fingerprint density at radius 1 is 0.897 bits per heavy atom. The molecule has 1 N–H and O–H groups in total. The Balaban J connectivity index is 1.45. The predicted molar refractivity (Wildman–Crippen MR) is 107 cm³/mol. The molecule has 1 aromatic heterocycles. The van der Waals surface area contributed by atoms with Crippen LogP contribution in [-0.2, 0) is 13.0 Å². The Bertz CT molecular complexity index is 1070. The average molecular weight is 385 g/mol. The Morgan fingerprint density at radius 2 is 1.66 bits per heavy atom. The quantitative estimate of drug-likeness (QED) is 0.662. The summed E-state index contributed by atoms with van der Waals surface area (Å²) in [5.41, 5.74) is 2.89. The zero-order valence-electron chi connectivity index (χ0n) is 15.7. The summed E-state index contributed by atoms with van der Waals surface area (Å²) in [6.45, 7) is 0.638. The van der Waals surface area contributed by atoms with Gasteiger partial charge in [0.1, 0.15) is 0 Å². The molecule has 0 bridgehead atoms. The van der Waals surface area contributed by atoms with E-state index in [4.69, 9.17) is 0 Å². The summed E-state index contributed by atoms with van der Waals surface area (Å²) in [6, 6.07) is 18.0. The molecule has 3 aromatic rings. The van der Waals surface area contributed by atoms with Crippen molar-refractivity contribution in [3.05, 3.63) is 101 Å². The van der Waals surface area contributed by atoms with Crippen LogP contribution in [0.25, 0.3) is 0 Å². The smallest absolute Gasteiger partial charge is 0.261 e. The van der Waals surface area contributed by atoms with Gasteiger partial charge in [0, 0.05) is 31.0 Å². The number of carbonyl (C=O) groups excluding carboxylic acids is 3. The second-order valence-corrected chi connectivity index (χ2v) is 6.80. The number of aromatic nitrogens is 1. The molecule has 3 amide bonds. The van der Waals surface area contributed by atoms with Crippen molar-refractivity contribution in [2.24, 2.45) is 0 Å². The minimum absolute atomic E-state index is 0.275. The molecule has 0 atom stereocenters. The van der Waals surface area contributed by atoms with Crippen LogP contribution < -0.4 is 5.32 Å². The molecular formula is C23H19N3O3. The molecule has 0 unspecified atom stereocenters. The Hall–Kier alpha value is -3.80. The van der Waals surface area contributed by atoms with Crippen LogP contribution in [0.1, 0.15) is 42.2 Å². The first kappa shape index (κ1) is 18.6. The van der Waals surface area contributed by atoms with E-state index < -0.39 is 0 Å². The van der Waals surface area contributed by atoms with Crippen molar-refractivity contribution in [3.63, 3.8) is 0 Å². The Morgan fingerprint density at radius 3 is 2.41 bits per heavy atom. The first-order valence-electron chi connectivity index (χ1n) is 9.35. The van der Waals surface area contributed by atoms with Gasteiger partial charge < -0.3 is 5.32 Å². The van der Waals surface area contributed by atoms with E-state index in [9.17, 15) is 14.4 Å². The molecular weight excluding hydrogens is 366 g/mol. The summed E-state index contributed by atoms with van der Waals surface area (Å²) in [7, 11) is 0. The van der Waals surface area contributed by atoms with Crippen molar-refractivity contribution in [2.45, 2.75) is 13.0 Å². The first-order chi connectivity index (χ1) is 14.1. The third kappa shape index (κ3) is 3.91. The fraction of sp³-hybridized carbons (Fsp3) is 0.130. The van der Waals surface area contributed by atoms with E-state index in [1.165, 1.54) is 11.0 Å². The Kier molecular flexibility index (Phi) is 5.16. The highest BCUT2D eigenvalue weighted by atomic mass is 16.2. The second-order valence-electron chi connectivity index (χ2n) is 6.80. The number of nitrogens with zero attached hydrogens (tertiary/aromatic N) is 2. The van der Waals surface area contributed by atoms with Crippen LogP contribution in [0.2, 0.25) is 0 Å². The van der Waals surface area contributed by atoms with Gasteiger partial charge in [-0.05, 0) is 41.8 Å². The number of hydrogen-bond acceptors (Lipinski definition) is 4. The molecule has 2 heterocycles. The van der Waals surface area contributed by atoms with Gasteiger partial charge in [0.25, 0.3) is 17.7 Å². The number of carbonyl (C=O) groups is 3. The molecule has 4 rings (SSSR count). The summed E-state index contributed by atoms with van der Waals surface area (Å²) < 4.78 is 0. The van der Waals surface area contributed by atoms with Crippen LogP contribution in [0.3, 0.4) is 0 Å². The minimum Gasteiger partial charge on any atom is -0.348 e. The molecule has 6 heteroatoms. The fourth-order valence-electron chi connectivity index (χ4n) is 3.31. The zero-order chi connectivity index (χ0) is 20.2. The van der Waals surface area contributed by atoms with Gasteiger partial charge in [0.05, 0.1) is 11.1 Å². The number of imide groups is 1. The van der Waals surface area contributed by atoms with Crippen LogP contribution in [-0.4, -0.2) is 34.2 Å². The monoisotopic (exact) mass is 385 g/mol. The topological polar surface area (TPSA) is 79.4 Å². The first-order valence-corrected chi connectivity index (χ1v) is 9.35. The molecule has 6 nitrogen and oxygen atoms in total. The highest BCUT2D eigenvalue weighted by molar-refractivity contribution is 6.22. The van der Waals surface area contributed by atoms with Crippen molar-refractivity contribution in [1.82, 2.24) is 15.2 Å². The van der Waals surface area contributed by atoms with Gasteiger partial charge in [-0.3, -0.25) is 24.3 Å². The lowest BCUT2D eigenvalue weighted by Gasteiger charge is -2.13. The summed E-state index contributed by atoms with van der Waals surface area (Å²) >= 11 is 0. The predicted octanol–water partition coefficient (Wildman–Crippen LogP) is 2.85. The third-order valence-electron chi connectivity index (χ3n) is 4.88. The molecule has 1 aliphatic rings. The summed E-state index contributed by atoms with van der Waals surface area (Å²) in [4.78, 5) is 43.1. The number of fused-ring (bicyclic) bond motifs is 1. The number of hydrogen-bond donors (Lipinski definition) is 1. The van der Waals surface area contributed by atoms with Gasteiger partial charge in [-0.2, -0.15) is 0 Å². The molecule has 0 aliphatic carbocycles. The highest BCUT2D eigenvalue weighted by Gasteiger charge is 2.35. The number of pyridine rings is 1. The molecule has 144 valence electrons. The van der Waals surface area contributed by atoms with Crippen molar-refractivity contribution in [1.29, 1.82) is 0 Å². The molecule has 1 aliphatic heterocycles. The van der Waals surface area contributed by atoms with Crippen LogP contribution >= 0.6 is 0 Å². The molecule has 0 saturated heterocycles. The molecule has 0 radical (unpaired) electrons. The van der Waals surface area contributed by atoms with Crippen molar-refractivity contribution in [2.75, 3.05) is 6.54 Å². The summed E-state index contributed by atoms with van der Waals surface area (Å²) in [5.74, 6) is -0.981. The number of rotatable bonds is 6. The van der Waals surface area contributed by atoms with Gasteiger partial charge in [-0.15, -0.1) is 0 Å². The van der Waals surface area contributed by atoms with Gasteiger partial charge in [-0.25, -0.2) is 0 Å². The highest BCUT2D eigenvalue weighted by Crippen LogP contribution is 2.24. The van der Waals surface area contributed by atoms with Gasteiger partial charge in [-0.1, -0.05) is 36.4 Å². The summed E-state index contributed by atoms with van der Waals surface area (Å²) in [6.07, 6.45) is 3.93. The molecule has 0 spiro atoms. The van der Waals surface area contributed by atoms with Crippen LogP contribution in [0.15, 0.2) is 73.1 Å². The zero-order valence-corrected chi connectivity index (χ0v) is 15.7. The van der Waals surface area contributed by atoms with E-state index in [0.717, 1.165) is 11.1 Å².